The van der Waals surface area contributed by atoms with E-state index in [2.05, 4.69) is 24.3 Å². The summed E-state index contributed by atoms with van der Waals surface area (Å²) in [6.45, 7) is 0. The Kier molecular flexibility index (Phi) is 4.61. The Morgan fingerprint density at radius 3 is 2.31 bits per heavy atom. The van der Waals surface area contributed by atoms with Gasteiger partial charge in [-0.15, -0.1) is 11.3 Å². The molecule has 3 aromatic carbocycles. The SMILES string of the molecule is NC(=[NH2+])c1c(N)cc(-c2ccc(C(=O)O)cc2)nc1-c1ccc2sc3ccccc3c2c1. The molecule has 7 heteroatoms. The zero-order valence-electron chi connectivity index (χ0n) is 16.9. The predicted molar refractivity (Wildman–Crippen MR) is 130 cm³/mol. The topological polar surface area (TPSA) is 128 Å². The first-order valence-corrected chi connectivity index (χ1v) is 10.7. The number of fused-ring (bicyclic) bond motifs is 3. The molecule has 0 saturated carbocycles. The van der Waals surface area contributed by atoms with Gasteiger partial charge in [0.2, 0.25) is 0 Å². The third-order valence-corrected chi connectivity index (χ3v) is 6.57. The number of carboxylic acids is 1. The average Bonchev–Trinajstić information content (AvgIpc) is 3.16. The van der Waals surface area contributed by atoms with E-state index in [1.807, 2.05) is 18.2 Å². The van der Waals surface area contributed by atoms with E-state index >= 15 is 0 Å². The lowest BCUT2D eigenvalue weighted by molar-refractivity contribution is -0.114. The van der Waals surface area contributed by atoms with Gasteiger partial charge in [-0.2, -0.15) is 0 Å². The van der Waals surface area contributed by atoms with Crippen LogP contribution in [0.4, 0.5) is 5.69 Å². The highest BCUT2D eigenvalue weighted by Crippen LogP contribution is 2.37. The summed E-state index contributed by atoms with van der Waals surface area (Å²) in [5.41, 5.74) is 16.2. The van der Waals surface area contributed by atoms with Crippen molar-refractivity contribution in [2.24, 2.45) is 5.73 Å². The lowest BCUT2D eigenvalue weighted by Crippen LogP contribution is -2.47. The minimum absolute atomic E-state index is 0.0908. The smallest absolute Gasteiger partial charge is 0.335 e. The van der Waals surface area contributed by atoms with Crippen LogP contribution < -0.4 is 16.9 Å². The molecular formula is C25H19N4O2S+. The first-order valence-electron chi connectivity index (χ1n) is 9.86. The van der Waals surface area contributed by atoms with Crippen LogP contribution in [0.2, 0.25) is 0 Å². The monoisotopic (exact) mass is 439 g/mol. The van der Waals surface area contributed by atoms with Crippen LogP contribution in [0, 0.1) is 0 Å². The number of nitrogens with two attached hydrogens (primary N) is 3. The van der Waals surface area contributed by atoms with Gasteiger partial charge in [-0.3, -0.25) is 11.1 Å². The molecule has 0 spiro atoms. The lowest BCUT2D eigenvalue weighted by atomic mass is 9.99. The number of nitrogen functional groups attached to an aromatic ring is 1. The highest BCUT2D eigenvalue weighted by Gasteiger charge is 2.20. The molecule has 156 valence electrons. The molecule has 2 aromatic heterocycles. The van der Waals surface area contributed by atoms with Gasteiger partial charge in [-0.1, -0.05) is 36.4 Å². The number of benzene rings is 3. The number of aromatic carboxylic acids is 1. The molecule has 5 aromatic rings. The van der Waals surface area contributed by atoms with Crippen LogP contribution in [0.5, 0.6) is 0 Å². The van der Waals surface area contributed by atoms with Gasteiger partial charge < -0.3 is 10.8 Å². The van der Waals surface area contributed by atoms with Gasteiger partial charge in [0.1, 0.15) is 5.56 Å². The van der Waals surface area contributed by atoms with Gasteiger partial charge in [0, 0.05) is 31.3 Å². The van der Waals surface area contributed by atoms with Crippen LogP contribution in [-0.4, -0.2) is 21.9 Å². The summed E-state index contributed by atoms with van der Waals surface area (Å²) >= 11 is 1.74. The quantitative estimate of drug-likeness (QED) is 0.252. The fourth-order valence-corrected chi connectivity index (χ4v) is 4.97. The molecular weight excluding hydrogens is 420 g/mol. The minimum atomic E-state index is -0.984. The third-order valence-electron chi connectivity index (χ3n) is 5.42. The maximum atomic E-state index is 11.2. The Balaban J connectivity index is 1.72. The molecule has 2 heterocycles. The summed E-state index contributed by atoms with van der Waals surface area (Å²) in [5, 5.41) is 17.4. The van der Waals surface area contributed by atoms with E-state index in [9.17, 15) is 4.79 Å². The molecule has 0 radical (unpaired) electrons. The van der Waals surface area contributed by atoms with E-state index in [4.69, 9.17) is 27.0 Å². The number of pyridine rings is 1. The summed E-state index contributed by atoms with van der Waals surface area (Å²) in [7, 11) is 0. The van der Waals surface area contributed by atoms with Gasteiger partial charge in [0.05, 0.1) is 22.6 Å². The number of nitrogens with zero attached hydrogens (tertiary/aromatic N) is 1. The summed E-state index contributed by atoms with van der Waals surface area (Å²) in [5.74, 6) is -0.894. The van der Waals surface area contributed by atoms with Gasteiger partial charge in [0.15, 0.2) is 0 Å². The zero-order chi connectivity index (χ0) is 22.4. The van der Waals surface area contributed by atoms with Gasteiger partial charge in [-0.25, -0.2) is 9.78 Å². The second-order valence-corrected chi connectivity index (χ2v) is 8.55. The summed E-state index contributed by atoms with van der Waals surface area (Å²) in [6, 6.07) is 22.6. The molecule has 0 saturated heterocycles. The molecule has 7 N–H and O–H groups in total. The molecule has 0 bridgehead atoms. The van der Waals surface area contributed by atoms with Gasteiger partial charge in [-0.05, 0) is 36.4 Å². The van der Waals surface area contributed by atoms with Crippen LogP contribution in [0.25, 0.3) is 42.7 Å². The van der Waals surface area contributed by atoms with Crippen molar-refractivity contribution in [1.82, 2.24) is 4.98 Å². The molecule has 0 aliphatic rings. The van der Waals surface area contributed by atoms with Crippen molar-refractivity contribution in [3.8, 4) is 22.5 Å². The second-order valence-electron chi connectivity index (χ2n) is 7.47. The Morgan fingerprint density at radius 2 is 1.59 bits per heavy atom. The van der Waals surface area contributed by atoms with Crippen LogP contribution in [0.1, 0.15) is 15.9 Å². The van der Waals surface area contributed by atoms with E-state index in [0.717, 1.165) is 16.5 Å². The molecule has 32 heavy (non-hydrogen) atoms. The standard InChI is InChI=1S/C25H18N4O2S/c26-18-12-19(13-5-7-14(8-6-13)25(30)31)29-23(22(18)24(27)28)15-9-10-21-17(11-15)16-3-1-2-4-20(16)32-21/h1-12H,(H2,26,29)(H3,27,28)(H,30,31)/p+1. The molecule has 0 amide bonds. The van der Waals surface area contributed by atoms with Gasteiger partial charge in [0.25, 0.3) is 5.84 Å². The number of amidine groups is 1. The fourth-order valence-electron chi connectivity index (χ4n) is 3.88. The van der Waals surface area contributed by atoms with Crippen LogP contribution in [0.15, 0.2) is 72.8 Å². The normalized spacial score (nSPS) is 11.1. The van der Waals surface area contributed by atoms with Crippen LogP contribution in [0.3, 0.4) is 0 Å². The van der Waals surface area contributed by atoms with Crippen molar-refractivity contribution in [2.45, 2.75) is 0 Å². The molecule has 6 nitrogen and oxygen atoms in total. The Labute approximate surface area is 187 Å². The first kappa shape index (κ1) is 19.7. The van der Waals surface area contributed by atoms with Crippen molar-refractivity contribution in [1.29, 1.82) is 0 Å². The van der Waals surface area contributed by atoms with Crippen molar-refractivity contribution < 1.29 is 15.3 Å². The Bertz CT molecular complexity index is 1540. The highest BCUT2D eigenvalue weighted by atomic mass is 32.1. The number of hydrogen-bond acceptors (Lipinski definition) is 4. The summed E-state index contributed by atoms with van der Waals surface area (Å²) in [6.07, 6.45) is 0. The first-order chi connectivity index (χ1) is 15.4. The molecule has 0 aliphatic heterocycles. The van der Waals surface area contributed by atoms with Crippen LogP contribution in [-0.2, 0) is 0 Å². The molecule has 0 aliphatic carbocycles. The maximum absolute atomic E-state index is 11.2. The second kappa shape index (κ2) is 7.47. The number of carbonyl (C=O) groups is 1. The average molecular weight is 440 g/mol. The fraction of sp³-hybridized carbons (Fsp3) is 0. The van der Waals surface area contributed by atoms with Crippen molar-refractivity contribution in [3.05, 3.63) is 83.9 Å². The number of anilines is 1. The number of carboxylic acid groups (broad SMARTS) is 1. The molecule has 0 unspecified atom stereocenters. The van der Waals surface area contributed by atoms with Crippen molar-refractivity contribution >= 4 is 49.0 Å². The number of aromatic nitrogens is 1. The third kappa shape index (κ3) is 3.25. The number of hydrogen-bond donors (Lipinski definition) is 4. The minimum Gasteiger partial charge on any atom is -0.478 e. The zero-order valence-corrected chi connectivity index (χ0v) is 17.7. The largest absolute Gasteiger partial charge is 0.478 e. The number of rotatable bonds is 4. The number of thiophene rings is 1. The lowest BCUT2D eigenvalue weighted by Gasteiger charge is -2.12. The highest BCUT2D eigenvalue weighted by molar-refractivity contribution is 7.25. The molecule has 0 fully saturated rings. The van der Waals surface area contributed by atoms with Crippen molar-refractivity contribution in [3.63, 3.8) is 0 Å². The van der Waals surface area contributed by atoms with E-state index in [-0.39, 0.29) is 11.4 Å². The summed E-state index contributed by atoms with van der Waals surface area (Å²) < 4.78 is 2.39. The Morgan fingerprint density at radius 1 is 0.906 bits per heavy atom. The van der Waals surface area contributed by atoms with E-state index < -0.39 is 5.97 Å². The van der Waals surface area contributed by atoms with Crippen molar-refractivity contribution in [2.75, 3.05) is 5.73 Å². The van der Waals surface area contributed by atoms with Crippen LogP contribution >= 0.6 is 11.3 Å². The molecule has 0 atom stereocenters. The molecule has 5 rings (SSSR count). The summed E-state index contributed by atoms with van der Waals surface area (Å²) in [4.78, 5) is 16.0. The van der Waals surface area contributed by atoms with Gasteiger partial charge >= 0.3 is 5.97 Å². The maximum Gasteiger partial charge on any atom is 0.335 e. The predicted octanol–water partition coefficient (Wildman–Crippen LogP) is 3.53. The van der Waals surface area contributed by atoms with E-state index in [1.165, 1.54) is 26.9 Å². The van der Waals surface area contributed by atoms with E-state index in [0.29, 0.717) is 22.6 Å². The Hall–Kier alpha value is -4.23. The van der Waals surface area contributed by atoms with E-state index in [1.54, 1.807) is 29.5 Å².